The summed E-state index contributed by atoms with van der Waals surface area (Å²) >= 11 is 4.21. The van der Waals surface area contributed by atoms with Gasteiger partial charge in [0.1, 0.15) is 9.77 Å². The molecule has 1 aromatic heterocycles. The number of carbonyl (C=O) groups is 1. The van der Waals surface area contributed by atoms with Gasteiger partial charge in [0.2, 0.25) is 10.0 Å². The lowest BCUT2D eigenvalue weighted by atomic mass is 10.0. The second-order valence-corrected chi connectivity index (χ2v) is 9.10. The predicted molar refractivity (Wildman–Crippen MR) is 81.9 cm³/mol. The molecule has 0 aliphatic carbocycles. The van der Waals surface area contributed by atoms with Crippen molar-refractivity contribution in [3.8, 4) is 0 Å². The first-order chi connectivity index (χ1) is 9.82. The van der Waals surface area contributed by atoms with Crippen molar-refractivity contribution in [3.05, 3.63) is 14.7 Å². The zero-order valence-corrected chi connectivity index (χ0v) is 14.8. The van der Waals surface area contributed by atoms with Crippen LogP contribution in [0.15, 0.2) is 14.7 Å². The summed E-state index contributed by atoms with van der Waals surface area (Å²) in [5.74, 6) is -0.474. The Bertz CT molecular complexity index is 642. The van der Waals surface area contributed by atoms with E-state index in [1.54, 1.807) is 0 Å². The van der Waals surface area contributed by atoms with E-state index in [9.17, 15) is 18.3 Å². The van der Waals surface area contributed by atoms with Gasteiger partial charge in [-0.1, -0.05) is 6.92 Å². The summed E-state index contributed by atoms with van der Waals surface area (Å²) < 4.78 is 31.7. The lowest BCUT2D eigenvalue weighted by Gasteiger charge is -2.24. The molecule has 1 N–H and O–H groups in total. The van der Waals surface area contributed by atoms with Crippen LogP contribution in [-0.4, -0.2) is 50.1 Å². The molecule has 1 aliphatic rings. The summed E-state index contributed by atoms with van der Waals surface area (Å²) in [6.07, 6.45) is 0.704. The van der Waals surface area contributed by atoms with Gasteiger partial charge in [-0.2, -0.15) is 4.31 Å². The number of carbonyl (C=O) groups excluding carboxylic acids is 1. The molecule has 0 aromatic carbocycles. The molecule has 0 amide bonds. The third kappa shape index (κ3) is 3.02. The lowest BCUT2D eigenvalue weighted by Crippen LogP contribution is -2.39. The van der Waals surface area contributed by atoms with Crippen molar-refractivity contribution in [2.75, 3.05) is 20.3 Å². The maximum Gasteiger partial charge on any atom is 0.348 e. The Hall–Kier alpha value is -0.480. The highest BCUT2D eigenvalue weighted by Gasteiger charge is 2.40. The summed E-state index contributed by atoms with van der Waals surface area (Å²) in [6.45, 7) is 2.07. The Balaban J connectivity index is 2.40. The number of hydrogen-bond acceptors (Lipinski definition) is 6. The number of sulfonamides is 1. The van der Waals surface area contributed by atoms with Crippen LogP contribution >= 0.6 is 27.3 Å². The maximum atomic E-state index is 12.7. The van der Waals surface area contributed by atoms with E-state index in [0.29, 0.717) is 16.8 Å². The van der Waals surface area contributed by atoms with Crippen LogP contribution in [0.2, 0.25) is 0 Å². The normalized spacial score (nSPS) is 23.4. The molecule has 2 heterocycles. The molecule has 21 heavy (non-hydrogen) atoms. The van der Waals surface area contributed by atoms with Crippen molar-refractivity contribution in [2.45, 2.75) is 24.3 Å². The van der Waals surface area contributed by atoms with Crippen LogP contribution in [0.4, 0.5) is 0 Å². The first kappa shape index (κ1) is 16.9. The van der Waals surface area contributed by atoms with Gasteiger partial charge in [-0.3, -0.25) is 0 Å². The van der Waals surface area contributed by atoms with Crippen LogP contribution in [0.25, 0.3) is 0 Å². The molecule has 118 valence electrons. The molecule has 0 spiro atoms. The van der Waals surface area contributed by atoms with Crippen molar-refractivity contribution >= 4 is 43.3 Å². The molecule has 0 saturated carbocycles. The largest absolute Gasteiger partial charge is 0.465 e. The van der Waals surface area contributed by atoms with Crippen molar-refractivity contribution < 1.29 is 23.1 Å². The Labute approximate surface area is 135 Å². The SMILES string of the molecule is COC(=O)c1cc(S(=O)(=O)N2CCC(C)C2CO)c(Br)s1. The molecule has 1 aliphatic heterocycles. The van der Waals surface area contributed by atoms with E-state index in [1.165, 1.54) is 17.5 Å². The van der Waals surface area contributed by atoms with Gasteiger partial charge in [0.15, 0.2) is 0 Å². The van der Waals surface area contributed by atoms with Crippen LogP contribution in [0, 0.1) is 5.92 Å². The average molecular weight is 398 g/mol. The van der Waals surface area contributed by atoms with Crippen molar-refractivity contribution in [1.82, 2.24) is 4.31 Å². The van der Waals surface area contributed by atoms with E-state index >= 15 is 0 Å². The topological polar surface area (TPSA) is 83.9 Å². The molecule has 1 aromatic rings. The maximum absolute atomic E-state index is 12.7. The second-order valence-electron chi connectivity index (χ2n) is 4.87. The quantitative estimate of drug-likeness (QED) is 0.781. The monoisotopic (exact) mass is 397 g/mol. The molecule has 2 rings (SSSR count). The van der Waals surface area contributed by atoms with Crippen molar-refractivity contribution in [2.24, 2.45) is 5.92 Å². The molecule has 1 saturated heterocycles. The van der Waals surface area contributed by atoms with Crippen LogP contribution in [0.5, 0.6) is 0 Å². The van der Waals surface area contributed by atoms with E-state index in [1.807, 2.05) is 6.92 Å². The first-order valence-electron chi connectivity index (χ1n) is 6.33. The van der Waals surface area contributed by atoms with Gasteiger partial charge in [0, 0.05) is 6.54 Å². The average Bonchev–Trinajstić information content (AvgIpc) is 3.01. The minimum absolute atomic E-state index is 0.0421. The van der Waals surface area contributed by atoms with Gasteiger partial charge < -0.3 is 9.84 Å². The summed E-state index contributed by atoms with van der Waals surface area (Å²) in [4.78, 5) is 11.8. The Morgan fingerprint density at radius 1 is 1.62 bits per heavy atom. The highest BCUT2D eigenvalue weighted by Crippen LogP contribution is 2.37. The number of aliphatic hydroxyl groups excluding tert-OH is 1. The Morgan fingerprint density at radius 3 is 2.86 bits per heavy atom. The van der Waals surface area contributed by atoms with Crippen LogP contribution in [0.1, 0.15) is 23.0 Å². The van der Waals surface area contributed by atoms with Gasteiger partial charge in [-0.05, 0) is 34.3 Å². The minimum Gasteiger partial charge on any atom is -0.465 e. The zero-order valence-electron chi connectivity index (χ0n) is 11.6. The van der Waals surface area contributed by atoms with Crippen LogP contribution in [0.3, 0.4) is 0 Å². The van der Waals surface area contributed by atoms with Crippen molar-refractivity contribution in [3.63, 3.8) is 0 Å². The van der Waals surface area contributed by atoms with Crippen LogP contribution < -0.4 is 0 Å². The fraction of sp³-hybridized carbons (Fsp3) is 0.583. The van der Waals surface area contributed by atoms with Gasteiger partial charge in [0.05, 0.1) is 23.5 Å². The van der Waals surface area contributed by atoms with E-state index in [0.717, 1.165) is 11.3 Å². The Morgan fingerprint density at radius 2 is 2.29 bits per heavy atom. The number of ether oxygens (including phenoxy) is 1. The fourth-order valence-corrected chi connectivity index (χ4v) is 6.56. The third-order valence-electron chi connectivity index (χ3n) is 3.65. The lowest BCUT2D eigenvalue weighted by molar-refractivity contribution is 0.0606. The highest BCUT2D eigenvalue weighted by molar-refractivity contribution is 9.11. The molecule has 6 nitrogen and oxygen atoms in total. The number of nitrogens with zero attached hydrogens (tertiary/aromatic N) is 1. The van der Waals surface area contributed by atoms with Gasteiger partial charge in [-0.15, -0.1) is 11.3 Å². The number of methoxy groups -OCH3 is 1. The van der Waals surface area contributed by atoms with Crippen molar-refractivity contribution in [1.29, 1.82) is 0 Å². The number of halogens is 1. The van der Waals surface area contributed by atoms with E-state index < -0.39 is 22.0 Å². The highest BCUT2D eigenvalue weighted by atomic mass is 79.9. The molecular formula is C12H16BrNO5S2. The van der Waals surface area contributed by atoms with E-state index in [2.05, 4.69) is 20.7 Å². The standard InChI is InChI=1S/C12H16BrNO5S2/c1-7-3-4-14(8(7)6-15)21(17,18)10-5-9(12(16)19-2)20-11(10)13/h5,7-8,15H,3-4,6H2,1-2H3. The number of aliphatic hydroxyl groups is 1. The molecule has 0 radical (unpaired) electrons. The van der Waals surface area contributed by atoms with Gasteiger partial charge >= 0.3 is 5.97 Å². The smallest absolute Gasteiger partial charge is 0.348 e. The number of esters is 1. The number of thiophene rings is 1. The summed E-state index contributed by atoms with van der Waals surface area (Å²) in [5.41, 5.74) is 0. The van der Waals surface area contributed by atoms with Crippen LogP contribution in [-0.2, 0) is 14.8 Å². The molecule has 2 unspecified atom stereocenters. The molecular weight excluding hydrogens is 382 g/mol. The third-order valence-corrected chi connectivity index (χ3v) is 7.80. The van der Waals surface area contributed by atoms with E-state index in [4.69, 9.17) is 0 Å². The van der Waals surface area contributed by atoms with Gasteiger partial charge in [-0.25, -0.2) is 13.2 Å². The second kappa shape index (κ2) is 6.33. The predicted octanol–water partition coefficient (Wildman–Crippen LogP) is 1.69. The fourth-order valence-electron chi connectivity index (χ4n) is 2.40. The number of rotatable bonds is 4. The first-order valence-corrected chi connectivity index (χ1v) is 9.38. The summed E-state index contributed by atoms with van der Waals surface area (Å²) in [7, 11) is -2.51. The minimum atomic E-state index is -3.76. The summed E-state index contributed by atoms with van der Waals surface area (Å²) in [6, 6.07) is 0.885. The van der Waals surface area contributed by atoms with E-state index in [-0.39, 0.29) is 22.3 Å². The molecule has 2 atom stereocenters. The molecule has 0 bridgehead atoms. The number of hydrogen-bond donors (Lipinski definition) is 1. The summed E-state index contributed by atoms with van der Waals surface area (Å²) in [5, 5.41) is 9.43. The molecule has 1 fully saturated rings. The van der Waals surface area contributed by atoms with Gasteiger partial charge in [0.25, 0.3) is 0 Å². The molecule has 9 heteroatoms. The zero-order chi connectivity index (χ0) is 15.8. The Kier molecular flexibility index (Phi) is 5.09.